The first kappa shape index (κ1) is 16.9. The number of nitrogens with one attached hydrogen (secondary N) is 1. The molecule has 1 aliphatic rings. The predicted octanol–water partition coefficient (Wildman–Crippen LogP) is 0.541. The maximum absolute atomic E-state index is 9.80. The molecule has 1 rings (SSSR count). The monoisotopic (exact) mass is 275 g/mol. The van der Waals surface area contributed by atoms with Crippen LogP contribution in [0.15, 0.2) is 0 Å². The van der Waals surface area contributed by atoms with Crippen LogP contribution < -0.4 is 5.32 Å². The lowest BCUT2D eigenvalue weighted by Gasteiger charge is -2.29. The molecule has 19 heavy (non-hydrogen) atoms. The Balaban J connectivity index is 1.96. The lowest BCUT2D eigenvalue weighted by Crippen LogP contribution is -2.35. The van der Waals surface area contributed by atoms with Gasteiger partial charge in [0.15, 0.2) is 0 Å². The van der Waals surface area contributed by atoms with Gasteiger partial charge in [0.25, 0.3) is 0 Å². The van der Waals surface area contributed by atoms with Crippen LogP contribution in [0.3, 0.4) is 0 Å². The van der Waals surface area contributed by atoms with E-state index < -0.39 is 6.10 Å². The van der Waals surface area contributed by atoms with E-state index in [9.17, 15) is 5.11 Å². The molecule has 0 aromatic rings. The van der Waals surface area contributed by atoms with Gasteiger partial charge < -0.3 is 25.0 Å². The summed E-state index contributed by atoms with van der Waals surface area (Å²) in [5, 5.41) is 21.4. The van der Waals surface area contributed by atoms with E-state index in [0.717, 1.165) is 6.42 Å². The average Bonchev–Trinajstić information content (AvgIpc) is 2.42. The van der Waals surface area contributed by atoms with Crippen LogP contribution >= 0.6 is 0 Å². The van der Waals surface area contributed by atoms with Gasteiger partial charge in [-0.25, -0.2) is 0 Å². The number of hydrogen-bond donors (Lipinski definition) is 3. The van der Waals surface area contributed by atoms with Gasteiger partial charge in [0.1, 0.15) is 0 Å². The minimum absolute atomic E-state index is 0.0516. The molecular weight excluding hydrogens is 246 g/mol. The summed E-state index contributed by atoms with van der Waals surface area (Å²) in [7, 11) is 0. The third-order valence-electron chi connectivity index (χ3n) is 3.57. The minimum Gasteiger partial charge on any atom is -0.394 e. The Morgan fingerprint density at radius 1 is 1.26 bits per heavy atom. The third kappa shape index (κ3) is 7.84. The van der Waals surface area contributed by atoms with Crippen LogP contribution in [0.2, 0.25) is 0 Å². The number of rotatable bonds is 10. The van der Waals surface area contributed by atoms with Crippen molar-refractivity contribution in [3.05, 3.63) is 0 Å². The molecule has 0 spiro atoms. The molecule has 0 radical (unpaired) electrons. The van der Waals surface area contributed by atoms with Gasteiger partial charge >= 0.3 is 0 Å². The zero-order valence-corrected chi connectivity index (χ0v) is 12.0. The quantitative estimate of drug-likeness (QED) is 0.508. The fourth-order valence-corrected chi connectivity index (χ4v) is 2.40. The summed E-state index contributed by atoms with van der Waals surface area (Å²) in [6.45, 7) is 4.80. The van der Waals surface area contributed by atoms with Crippen molar-refractivity contribution < 1.29 is 19.7 Å². The van der Waals surface area contributed by atoms with Crippen molar-refractivity contribution in [3.63, 3.8) is 0 Å². The Labute approximate surface area is 116 Å². The molecule has 0 aliphatic heterocycles. The lowest BCUT2D eigenvalue weighted by molar-refractivity contribution is -0.0453. The Bertz CT molecular complexity index is 216. The molecule has 1 fully saturated rings. The second kappa shape index (κ2) is 10.6. The third-order valence-corrected chi connectivity index (χ3v) is 3.57. The van der Waals surface area contributed by atoms with Crippen molar-refractivity contribution in [3.8, 4) is 0 Å². The second-order valence-electron chi connectivity index (χ2n) is 5.33. The van der Waals surface area contributed by atoms with Gasteiger partial charge in [0.2, 0.25) is 0 Å². The van der Waals surface area contributed by atoms with E-state index in [0.29, 0.717) is 44.9 Å². The smallest absolute Gasteiger partial charge is 0.0897 e. The van der Waals surface area contributed by atoms with Gasteiger partial charge in [-0.1, -0.05) is 19.8 Å². The van der Waals surface area contributed by atoms with Crippen LogP contribution in [-0.2, 0) is 9.47 Å². The Morgan fingerprint density at radius 2 is 2.05 bits per heavy atom. The first-order chi connectivity index (χ1) is 9.24. The summed E-state index contributed by atoms with van der Waals surface area (Å²) < 4.78 is 10.9. The lowest BCUT2D eigenvalue weighted by atomic mass is 9.88. The van der Waals surface area contributed by atoms with E-state index in [-0.39, 0.29) is 6.61 Å². The maximum Gasteiger partial charge on any atom is 0.0897 e. The molecule has 3 N–H and O–H groups in total. The van der Waals surface area contributed by atoms with E-state index in [4.69, 9.17) is 14.6 Å². The molecule has 1 saturated carbocycles. The molecule has 114 valence electrons. The SMILES string of the molecule is C[C@@H]1CCCC[C@H]1OC[C@@H](O)CNCCOCCO. The molecule has 3 atom stereocenters. The highest BCUT2D eigenvalue weighted by Gasteiger charge is 2.22. The van der Waals surface area contributed by atoms with E-state index in [1.54, 1.807) is 0 Å². The summed E-state index contributed by atoms with van der Waals surface area (Å²) in [5.74, 6) is 0.612. The second-order valence-corrected chi connectivity index (χ2v) is 5.33. The molecule has 0 aromatic carbocycles. The Hall–Kier alpha value is -0.200. The molecule has 0 aromatic heterocycles. The molecule has 0 amide bonds. The molecule has 0 heterocycles. The van der Waals surface area contributed by atoms with Crippen molar-refractivity contribution in [1.82, 2.24) is 5.32 Å². The number of aliphatic hydroxyl groups excluding tert-OH is 2. The van der Waals surface area contributed by atoms with Crippen LogP contribution in [0.5, 0.6) is 0 Å². The van der Waals surface area contributed by atoms with Crippen LogP contribution in [0.25, 0.3) is 0 Å². The molecular formula is C14H29NO4. The molecule has 5 heteroatoms. The number of hydrogen-bond acceptors (Lipinski definition) is 5. The van der Waals surface area contributed by atoms with E-state index in [1.807, 2.05) is 0 Å². The van der Waals surface area contributed by atoms with Crippen LogP contribution in [0.1, 0.15) is 32.6 Å². The zero-order chi connectivity index (χ0) is 13.9. The first-order valence-electron chi connectivity index (χ1n) is 7.43. The van der Waals surface area contributed by atoms with E-state index >= 15 is 0 Å². The molecule has 0 saturated heterocycles. The van der Waals surface area contributed by atoms with Gasteiger partial charge in [-0.15, -0.1) is 0 Å². The first-order valence-corrected chi connectivity index (χ1v) is 7.43. The highest BCUT2D eigenvalue weighted by molar-refractivity contribution is 4.73. The molecule has 0 unspecified atom stereocenters. The van der Waals surface area contributed by atoms with Gasteiger partial charge in [0, 0.05) is 13.1 Å². The summed E-state index contributed by atoms with van der Waals surface area (Å²) in [4.78, 5) is 0. The van der Waals surface area contributed by atoms with Crippen molar-refractivity contribution in [2.45, 2.75) is 44.8 Å². The number of aliphatic hydroxyl groups is 2. The number of ether oxygens (including phenoxy) is 2. The topological polar surface area (TPSA) is 71.0 Å². The van der Waals surface area contributed by atoms with E-state index in [2.05, 4.69) is 12.2 Å². The Kier molecular flexibility index (Phi) is 9.38. The predicted molar refractivity (Wildman–Crippen MR) is 74.2 cm³/mol. The molecule has 0 bridgehead atoms. The van der Waals surface area contributed by atoms with Gasteiger partial charge in [0.05, 0.1) is 38.6 Å². The van der Waals surface area contributed by atoms with Crippen LogP contribution in [0, 0.1) is 5.92 Å². The molecule has 5 nitrogen and oxygen atoms in total. The van der Waals surface area contributed by atoms with Crippen LogP contribution in [0.4, 0.5) is 0 Å². The fraction of sp³-hybridized carbons (Fsp3) is 1.00. The van der Waals surface area contributed by atoms with Gasteiger partial charge in [-0.3, -0.25) is 0 Å². The standard InChI is InChI=1S/C14H29NO4/c1-12-4-2-3-5-14(12)19-11-13(17)10-15-6-8-18-9-7-16/h12-17H,2-11H2,1H3/t12-,13+,14-/m1/s1. The fourth-order valence-electron chi connectivity index (χ4n) is 2.40. The zero-order valence-electron chi connectivity index (χ0n) is 12.0. The van der Waals surface area contributed by atoms with E-state index in [1.165, 1.54) is 19.3 Å². The van der Waals surface area contributed by atoms with Gasteiger partial charge in [-0.2, -0.15) is 0 Å². The van der Waals surface area contributed by atoms with Crippen molar-refractivity contribution in [2.75, 3.05) is 39.5 Å². The molecule has 1 aliphatic carbocycles. The van der Waals surface area contributed by atoms with Crippen molar-refractivity contribution in [1.29, 1.82) is 0 Å². The summed E-state index contributed by atoms with van der Waals surface area (Å²) in [6.07, 6.45) is 4.76. The normalized spacial score (nSPS) is 25.4. The van der Waals surface area contributed by atoms with Crippen LogP contribution in [-0.4, -0.2) is 61.9 Å². The van der Waals surface area contributed by atoms with Crippen molar-refractivity contribution in [2.24, 2.45) is 5.92 Å². The highest BCUT2D eigenvalue weighted by Crippen LogP contribution is 2.26. The maximum atomic E-state index is 9.80. The highest BCUT2D eigenvalue weighted by atomic mass is 16.5. The summed E-state index contributed by atoms with van der Waals surface area (Å²) in [5.41, 5.74) is 0. The summed E-state index contributed by atoms with van der Waals surface area (Å²) >= 11 is 0. The van der Waals surface area contributed by atoms with Gasteiger partial charge in [-0.05, 0) is 18.8 Å². The van der Waals surface area contributed by atoms with Crippen molar-refractivity contribution >= 4 is 0 Å². The minimum atomic E-state index is -0.466. The largest absolute Gasteiger partial charge is 0.394 e. The average molecular weight is 275 g/mol. The summed E-state index contributed by atoms with van der Waals surface area (Å²) in [6, 6.07) is 0. The Morgan fingerprint density at radius 3 is 2.79 bits per heavy atom.